The molecule has 0 aliphatic heterocycles. The van der Waals surface area contributed by atoms with E-state index in [1.165, 1.54) is 52.8 Å². The number of hydrogen-bond acceptors (Lipinski definition) is 4. The van der Waals surface area contributed by atoms with Crippen molar-refractivity contribution in [2.24, 2.45) is 0 Å². The summed E-state index contributed by atoms with van der Waals surface area (Å²) < 4.78 is 11.0. The topological polar surface area (TPSA) is 43.9 Å². The number of furan rings is 1. The molecular weight excluding hydrogens is 739 g/mol. The Kier molecular flexibility index (Phi) is 6.85. The SMILES string of the molecule is c1ccc2c(-c3ccc(-c4nc(-n5c6ccc(-c7ccc8oc9ccccc9c8c7)cc6c6c7sc8ccccc8c7ccc65)nc5ccccc45)cc3)cccc2c1. The van der Waals surface area contributed by atoms with Gasteiger partial charge in [0.1, 0.15) is 11.2 Å². The van der Waals surface area contributed by atoms with Crippen LogP contribution in [0.15, 0.2) is 192 Å². The quantitative estimate of drug-likeness (QED) is 0.179. The Labute approximate surface area is 341 Å². The summed E-state index contributed by atoms with van der Waals surface area (Å²) >= 11 is 1.86. The van der Waals surface area contributed by atoms with Crippen molar-refractivity contribution >= 4 is 96.9 Å². The van der Waals surface area contributed by atoms with Gasteiger partial charge in [-0.05, 0) is 81.6 Å². The molecule has 13 aromatic rings. The summed E-state index contributed by atoms with van der Waals surface area (Å²) in [5, 5.41) is 10.7. The van der Waals surface area contributed by atoms with Gasteiger partial charge in [0.15, 0.2) is 0 Å². The highest BCUT2D eigenvalue weighted by Crippen LogP contribution is 2.45. The van der Waals surface area contributed by atoms with Crippen molar-refractivity contribution in [3.8, 4) is 39.5 Å². The predicted octanol–water partition coefficient (Wildman–Crippen LogP) is 15.1. The Bertz CT molecular complexity index is 3850. The molecule has 0 radical (unpaired) electrons. The Hall–Kier alpha value is -7.60. The van der Waals surface area contributed by atoms with Crippen molar-refractivity contribution in [3.63, 3.8) is 0 Å². The van der Waals surface area contributed by atoms with E-state index in [4.69, 9.17) is 14.4 Å². The zero-order valence-corrected chi connectivity index (χ0v) is 32.4. The summed E-state index contributed by atoms with van der Waals surface area (Å²) in [5.74, 6) is 0.649. The third-order valence-electron chi connectivity index (χ3n) is 12.0. The number of para-hydroxylation sites is 2. The van der Waals surface area contributed by atoms with Gasteiger partial charge in [-0.1, -0.05) is 140 Å². The minimum absolute atomic E-state index is 0.649. The maximum absolute atomic E-state index is 6.20. The molecule has 274 valence electrons. The number of fused-ring (bicyclic) bond motifs is 12. The standard InChI is InChI=1S/C54H31N3OS/c1-2-12-37-32(10-1)11-9-16-38(37)33-20-22-34(23-21-33)52-42-15-3-6-17-45(42)55-54(56-52)57-46-27-24-35(36-25-29-49-43(30-36)39-13-4-7-18-48(39)58-49)31-44(46)51-47(57)28-26-41-40-14-5-8-19-50(40)59-53(41)51/h1-31H. The molecule has 0 unspecified atom stereocenters. The fraction of sp³-hybridized carbons (Fsp3) is 0. The lowest BCUT2D eigenvalue weighted by atomic mass is 9.96. The molecule has 0 atom stereocenters. The van der Waals surface area contributed by atoms with Crippen molar-refractivity contribution in [2.45, 2.75) is 0 Å². The van der Waals surface area contributed by atoms with Gasteiger partial charge in [0, 0.05) is 52.7 Å². The smallest absolute Gasteiger partial charge is 0.235 e. The van der Waals surface area contributed by atoms with Crippen LogP contribution in [-0.2, 0) is 0 Å². The number of nitrogens with zero attached hydrogens (tertiary/aromatic N) is 3. The molecule has 0 aliphatic rings. The van der Waals surface area contributed by atoms with Gasteiger partial charge in [-0.3, -0.25) is 4.57 Å². The highest BCUT2D eigenvalue weighted by molar-refractivity contribution is 7.26. The maximum atomic E-state index is 6.20. The molecule has 4 aromatic heterocycles. The van der Waals surface area contributed by atoms with Crippen LogP contribution in [0.25, 0.3) is 125 Å². The normalized spacial score (nSPS) is 12.1. The van der Waals surface area contributed by atoms with Crippen LogP contribution in [-0.4, -0.2) is 14.5 Å². The van der Waals surface area contributed by atoms with Crippen LogP contribution in [0.4, 0.5) is 0 Å². The molecule has 4 nitrogen and oxygen atoms in total. The van der Waals surface area contributed by atoms with Crippen molar-refractivity contribution < 1.29 is 4.42 Å². The van der Waals surface area contributed by atoms with E-state index in [9.17, 15) is 0 Å². The van der Waals surface area contributed by atoms with Crippen molar-refractivity contribution in [3.05, 3.63) is 188 Å². The Balaban J connectivity index is 1.04. The first kappa shape index (κ1) is 32.5. The fourth-order valence-electron chi connectivity index (χ4n) is 9.26. The molecule has 0 saturated heterocycles. The van der Waals surface area contributed by atoms with Gasteiger partial charge in [0.05, 0.1) is 22.2 Å². The largest absolute Gasteiger partial charge is 0.456 e. The van der Waals surface area contributed by atoms with E-state index < -0.39 is 0 Å². The molecule has 0 aliphatic carbocycles. The van der Waals surface area contributed by atoms with E-state index in [1.54, 1.807) is 0 Å². The van der Waals surface area contributed by atoms with Crippen LogP contribution in [0.3, 0.4) is 0 Å². The third-order valence-corrected chi connectivity index (χ3v) is 13.2. The van der Waals surface area contributed by atoms with E-state index in [0.717, 1.165) is 66.3 Å². The number of thiophene rings is 1. The zero-order chi connectivity index (χ0) is 38.6. The lowest BCUT2D eigenvalue weighted by Crippen LogP contribution is -2.03. The van der Waals surface area contributed by atoms with Gasteiger partial charge >= 0.3 is 0 Å². The molecule has 0 spiro atoms. The Morgan fingerprint density at radius 3 is 1.98 bits per heavy atom. The van der Waals surface area contributed by atoms with Crippen LogP contribution in [0.2, 0.25) is 0 Å². The van der Waals surface area contributed by atoms with E-state index in [0.29, 0.717) is 5.95 Å². The van der Waals surface area contributed by atoms with Crippen LogP contribution in [0.5, 0.6) is 0 Å². The van der Waals surface area contributed by atoms with Crippen molar-refractivity contribution in [1.82, 2.24) is 14.5 Å². The molecule has 0 fully saturated rings. The van der Waals surface area contributed by atoms with Gasteiger partial charge in [0.2, 0.25) is 5.95 Å². The second-order valence-corrected chi connectivity index (χ2v) is 16.4. The second kappa shape index (κ2) is 12.4. The van der Waals surface area contributed by atoms with Gasteiger partial charge in [-0.25, -0.2) is 9.97 Å². The lowest BCUT2D eigenvalue weighted by molar-refractivity contribution is 0.669. The van der Waals surface area contributed by atoms with Crippen molar-refractivity contribution in [1.29, 1.82) is 0 Å². The third kappa shape index (κ3) is 4.89. The first-order valence-corrected chi connectivity index (χ1v) is 20.7. The molecule has 5 heteroatoms. The average molecular weight is 770 g/mol. The number of aromatic nitrogens is 3. The van der Waals surface area contributed by atoms with Gasteiger partial charge in [0.25, 0.3) is 0 Å². The van der Waals surface area contributed by atoms with Crippen molar-refractivity contribution in [2.75, 3.05) is 0 Å². The zero-order valence-electron chi connectivity index (χ0n) is 31.6. The molecule has 13 rings (SSSR count). The molecule has 59 heavy (non-hydrogen) atoms. The summed E-state index contributed by atoms with van der Waals surface area (Å²) in [6.07, 6.45) is 0. The Morgan fingerprint density at radius 2 is 1.08 bits per heavy atom. The number of hydrogen-bond donors (Lipinski definition) is 0. The second-order valence-electron chi connectivity index (χ2n) is 15.3. The summed E-state index contributed by atoms with van der Waals surface area (Å²) in [7, 11) is 0. The average Bonchev–Trinajstić information content (AvgIpc) is 3.97. The lowest BCUT2D eigenvalue weighted by Gasteiger charge is -2.13. The highest BCUT2D eigenvalue weighted by Gasteiger charge is 2.21. The summed E-state index contributed by atoms with van der Waals surface area (Å²) in [4.78, 5) is 10.8. The summed E-state index contributed by atoms with van der Waals surface area (Å²) in [6, 6.07) is 67.2. The van der Waals surface area contributed by atoms with E-state index in [2.05, 4.69) is 180 Å². The Morgan fingerprint density at radius 1 is 0.424 bits per heavy atom. The monoisotopic (exact) mass is 769 g/mol. The summed E-state index contributed by atoms with van der Waals surface area (Å²) in [5.41, 5.74) is 11.5. The fourth-order valence-corrected chi connectivity index (χ4v) is 10.5. The first-order valence-electron chi connectivity index (χ1n) is 19.9. The van der Waals surface area contributed by atoms with Gasteiger partial charge < -0.3 is 4.42 Å². The van der Waals surface area contributed by atoms with Crippen LogP contribution < -0.4 is 0 Å². The number of benzene rings is 9. The van der Waals surface area contributed by atoms with E-state index in [-0.39, 0.29) is 0 Å². The van der Waals surface area contributed by atoms with Gasteiger partial charge in [-0.2, -0.15) is 0 Å². The molecule has 0 saturated carbocycles. The molecule has 4 heterocycles. The van der Waals surface area contributed by atoms with Crippen LogP contribution in [0, 0.1) is 0 Å². The minimum Gasteiger partial charge on any atom is -0.456 e. The van der Waals surface area contributed by atoms with Crippen LogP contribution in [0.1, 0.15) is 0 Å². The molecular formula is C54H31N3OS. The van der Waals surface area contributed by atoms with Crippen LogP contribution >= 0.6 is 11.3 Å². The van der Waals surface area contributed by atoms with E-state index in [1.807, 2.05) is 23.5 Å². The van der Waals surface area contributed by atoms with E-state index >= 15 is 0 Å². The first-order chi connectivity index (χ1) is 29.2. The molecule has 9 aromatic carbocycles. The highest BCUT2D eigenvalue weighted by atomic mass is 32.1. The predicted molar refractivity (Wildman–Crippen MR) is 248 cm³/mol. The van der Waals surface area contributed by atoms with Gasteiger partial charge in [-0.15, -0.1) is 11.3 Å². The maximum Gasteiger partial charge on any atom is 0.235 e. The molecule has 0 amide bonds. The molecule has 0 bridgehead atoms. The summed E-state index contributed by atoms with van der Waals surface area (Å²) in [6.45, 7) is 0. The minimum atomic E-state index is 0.649. The number of rotatable bonds is 4. The molecule has 0 N–H and O–H groups in total.